The number of carboxylic acids is 1. The molecule has 0 aliphatic heterocycles. The van der Waals surface area contributed by atoms with Crippen molar-refractivity contribution in [2.45, 2.75) is 64.2 Å². The number of nitrogens with one attached hydrogen (secondary N) is 1. The molecule has 27 heavy (non-hydrogen) atoms. The number of carboxylic acid groups (broad SMARTS) is 1. The molecule has 0 heterocycles. The molecule has 0 bridgehead atoms. The minimum absolute atomic E-state index is 0.171. The van der Waals surface area contributed by atoms with Crippen LogP contribution >= 0.6 is 24.4 Å². The number of thioether (sulfide) groups is 1. The molecule has 1 amide bonds. The number of amides is 1. The van der Waals surface area contributed by atoms with Crippen LogP contribution in [0.3, 0.4) is 0 Å². The molecule has 152 valence electrons. The van der Waals surface area contributed by atoms with Gasteiger partial charge in [0.25, 0.3) is 0 Å². The smallest absolute Gasteiger partial charge is 0.327 e. The highest BCUT2D eigenvalue weighted by atomic mass is 32.2. The van der Waals surface area contributed by atoms with E-state index in [9.17, 15) is 14.7 Å². The van der Waals surface area contributed by atoms with Crippen molar-refractivity contribution >= 4 is 36.3 Å². The minimum atomic E-state index is -1.00. The molecule has 6 heteroatoms. The predicted molar refractivity (Wildman–Crippen MR) is 118 cm³/mol. The number of aliphatic carboxylic acids is 1. The van der Waals surface area contributed by atoms with Crippen molar-refractivity contribution in [2.24, 2.45) is 5.92 Å². The number of carbonyl (C=O) groups is 2. The van der Waals surface area contributed by atoms with Gasteiger partial charge in [0.15, 0.2) is 0 Å². The SMILES string of the molecule is CCCCC(C)(C)c1ccc(CSC[C@H](NC(=O)[C@H](C)CS)C(=O)O)cc1. The van der Waals surface area contributed by atoms with E-state index in [2.05, 4.69) is 63.0 Å². The van der Waals surface area contributed by atoms with Crippen molar-refractivity contribution in [1.82, 2.24) is 5.32 Å². The number of carbonyl (C=O) groups excluding carboxylic acids is 1. The summed E-state index contributed by atoms with van der Waals surface area (Å²) in [7, 11) is 0. The van der Waals surface area contributed by atoms with E-state index in [-0.39, 0.29) is 17.2 Å². The van der Waals surface area contributed by atoms with E-state index in [0.29, 0.717) is 11.5 Å². The molecule has 0 radical (unpaired) electrons. The molecular weight excluding hydrogens is 378 g/mol. The van der Waals surface area contributed by atoms with Crippen molar-refractivity contribution in [3.8, 4) is 0 Å². The molecule has 0 aliphatic carbocycles. The van der Waals surface area contributed by atoms with E-state index >= 15 is 0 Å². The standard InChI is InChI=1S/C21H33NO3S2/c1-5-6-11-21(3,4)17-9-7-16(8-10-17)13-27-14-18(20(24)25)22-19(23)15(2)12-26/h7-10,15,18,26H,5-6,11-14H2,1-4H3,(H,22,23)(H,24,25)/t15-,18+/m1/s1. The molecule has 0 saturated carbocycles. The van der Waals surface area contributed by atoms with E-state index < -0.39 is 12.0 Å². The fourth-order valence-corrected chi connectivity index (χ4v) is 3.85. The van der Waals surface area contributed by atoms with Gasteiger partial charge in [0.05, 0.1) is 0 Å². The first kappa shape index (κ1) is 23.9. The molecule has 1 aromatic carbocycles. The van der Waals surface area contributed by atoms with Crippen LogP contribution in [0.1, 0.15) is 58.1 Å². The Morgan fingerprint density at radius 2 is 1.89 bits per heavy atom. The van der Waals surface area contributed by atoms with Gasteiger partial charge in [-0.25, -0.2) is 4.79 Å². The van der Waals surface area contributed by atoms with Gasteiger partial charge in [-0.3, -0.25) is 4.79 Å². The van der Waals surface area contributed by atoms with Crippen LogP contribution in [0.5, 0.6) is 0 Å². The van der Waals surface area contributed by atoms with Gasteiger partial charge in [-0.15, -0.1) is 0 Å². The Bertz CT molecular complexity index is 602. The molecule has 4 nitrogen and oxygen atoms in total. The quantitative estimate of drug-likeness (QED) is 0.442. The highest BCUT2D eigenvalue weighted by Crippen LogP contribution is 2.29. The van der Waals surface area contributed by atoms with Crippen LogP contribution in [0.15, 0.2) is 24.3 Å². The number of hydrogen-bond acceptors (Lipinski definition) is 4. The van der Waals surface area contributed by atoms with Gasteiger partial charge >= 0.3 is 5.97 Å². The summed E-state index contributed by atoms with van der Waals surface area (Å²) in [5.41, 5.74) is 2.67. The summed E-state index contributed by atoms with van der Waals surface area (Å²) in [6.07, 6.45) is 3.59. The third-order valence-electron chi connectivity index (χ3n) is 4.78. The summed E-state index contributed by atoms with van der Waals surface area (Å²) in [5, 5.41) is 11.9. The third kappa shape index (κ3) is 8.18. The van der Waals surface area contributed by atoms with Gasteiger partial charge in [0, 0.05) is 23.2 Å². The molecule has 0 unspecified atom stereocenters. The summed E-state index contributed by atoms with van der Waals surface area (Å²) in [6.45, 7) is 8.50. The zero-order valence-electron chi connectivity index (χ0n) is 16.8. The highest BCUT2D eigenvalue weighted by Gasteiger charge is 2.22. The summed E-state index contributed by atoms with van der Waals surface area (Å²) < 4.78 is 0. The van der Waals surface area contributed by atoms with Gasteiger partial charge in [0.2, 0.25) is 5.91 Å². The number of benzene rings is 1. The molecule has 1 rings (SSSR count). The van der Waals surface area contributed by atoms with Crippen molar-refractivity contribution in [3.63, 3.8) is 0 Å². The van der Waals surface area contributed by atoms with Gasteiger partial charge in [-0.05, 0) is 23.0 Å². The van der Waals surface area contributed by atoms with E-state index in [1.807, 2.05) is 0 Å². The number of rotatable bonds is 12. The zero-order chi connectivity index (χ0) is 20.4. The second-order valence-electron chi connectivity index (χ2n) is 7.68. The van der Waals surface area contributed by atoms with Gasteiger partial charge in [-0.1, -0.05) is 64.8 Å². The molecule has 0 spiro atoms. The molecule has 2 N–H and O–H groups in total. The number of unbranched alkanes of at least 4 members (excludes halogenated alkanes) is 1. The third-order valence-corrected chi connectivity index (χ3v) is 6.43. The van der Waals surface area contributed by atoms with Crippen LogP contribution in [-0.2, 0) is 20.8 Å². The summed E-state index contributed by atoms with van der Waals surface area (Å²) in [4.78, 5) is 23.3. The minimum Gasteiger partial charge on any atom is -0.480 e. The topological polar surface area (TPSA) is 66.4 Å². The maximum atomic E-state index is 11.9. The first-order valence-corrected chi connectivity index (χ1v) is 11.3. The number of hydrogen-bond donors (Lipinski definition) is 3. The fourth-order valence-electron chi connectivity index (χ4n) is 2.68. The average Bonchev–Trinajstić information content (AvgIpc) is 2.65. The normalized spacial score (nSPS) is 13.8. The Kier molecular flexibility index (Phi) is 10.3. The molecule has 2 atom stereocenters. The van der Waals surface area contributed by atoms with Gasteiger partial charge < -0.3 is 10.4 Å². The maximum Gasteiger partial charge on any atom is 0.327 e. The Morgan fingerprint density at radius 1 is 1.26 bits per heavy atom. The largest absolute Gasteiger partial charge is 0.480 e. The van der Waals surface area contributed by atoms with Crippen LogP contribution in [0.4, 0.5) is 0 Å². The van der Waals surface area contributed by atoms with Crippen molar-refractivity contribution in [2.75, 3.05) is 11.5 Å². The van der Waals surface area contributed by atoms with Crippen LogP contribution in [0, 0.1) is 5.92 Å². The molecule has 0 aromatic heterocycles. The van der Waals surface area contributed by atoms with Crippen LogP contribution < -0.4 is 5.32 Å². The van der Waals surface area contributed by atoms with Gasteiger partial charge in [-0.2, -0.15) is 24.4 Å². The summed E-state index contributed by atoms with van der Waals surface area (Å²) in [6, 6.07) is 7.71. The Hall–Kier alpha value is -1.14. The van der Waals surface area contributed by atoms with E-state index in [0.717, 1.165) is 11.3 Å². The van der Waals surface area contributed by atoms with E-state index in [1.54, 1.807) is 6.92 Å². The second kappa shape index (κ2) is 11.6. The lowest BCUT2D eigenvalue weighted by Gasteiger charge is -2.25. The summed E-state index contributed by atoms with van der Waals surface area (Å²) in [5.74, 6) is -0.121. The van der Waals surface area contributed by atoms with E-state index in [1.165, 1.54) is 36.6 Å². The van der Waals surface area contributed by atoms with Crippen molar-refractivity contribution in [1.29, 1.82) is 0 Å². The highest BCUT2D eigenvalue weighted by molar-refractivity contribution is 7.98. The second-order valence-corrected chi connectivity index (χ2v) is 9.08. The van der Waals surface area contributed by atoms with E-state index in [4.69, 9.17) is 0 Å². The van der Waals surface area contributed by atoms with Crippen LogP contribution in [0.25, 0.3) is 0 Å². The molecule has 0 fully saturated rings. The molecular formula is C21H33NO3S2. The van der Waals surface area contributed by atoms with Crippen molar-refractivity contribution in [3.05, 3.63) is 35.4 Å². The molecule has 1 aromatic rings. The Balaban J connectivity index is 2.56. The van der Waals surface area contributed by atoms with Crippen LogP contribution in [0.2, 0.25) is 0 Å². The Morgan fingerprint density at radius 3 is 2.41 bits per heavy atom. The summed E-state index contributed by atoms with van der Waals surface area (Å²) >= 11 is 5.60. The maximum absolute atomic E-state index is 11.9. The number of thiol groups is 1. The van der Waals surface area contributed by atoms with Crippen LogP contribution in [-0.4, -0.2) is 34.5 Å². The first-order chi connectivity index (χ1) is 12.7. The fraction of sp³-hybridized carbons (Fsp3) is 0.619. The lowest BCUT2D eigenvalue weighted by molar-refractivity contribution is -0.141. The average molecular weight is 412 g/mol. The lowest BCUT2D eigenvalue weighted by atomic mass is 9.80. The molecule has 0 saturated heterocycles. The monoisotopic (exact) mass is 411 g/mol. The predicted octanol–water partition coefficient (Wildman–Crippen LogP) is 4.52. The Labute approximate surface area is 173 Å². The van der Waals surface area contributed by atoms with Crippen molar-refractivity contribution < 1.29 is 14.7 Å². The zero-order valence-corrected chi connectivity index (χ0v) is 18.5. The first-order valence-electron chi connectivity index (χ1n) is 9.52. The molecule has 0 aliphatic rings. The van der Waals surface area contributed by atoms with Gasteiger partial charge in [0.1, 0.15) is 6.04 Å². The lowest BCUT2D eigenvalue weighted by Crippen LogP contribution is -2.45.